The maximum absolute atomic E-state index is 12.2. The summed E-state index contributed by atoms with van der Waals surface area (Å²) in [5, 5.41) is 14.1. The standard InChI is InChI=1S/C20H19N3O3/c1-19(2)16-8-3-4-9-17(16)22-13-18(24)21-20(19,22)11-10-14-6-5-7-15(12-14)23(25)26/h3-12H,13H2,1-2H3,(H,21,24)/b11-10+/t20-/m1/s1. The van der Waals surface area contributed by atoms with E-state index in [9.17, 15) is 14.9 Å². The molecule has 2 aromatic rings. The molecule has 2 aromatic carbocycles. The minimum atomic E-state index is -0.696. The van der Waals surface area contributed by atoms with Gasteiger partial charge in [-0.05, 0) is 23.3 Å². The number of nitro groups is 1. The normalized spacial score (nSPS) is 23.0. The fraction of sp³-hybridized carbons (Fsp3) is 0.250. The molecular formula is C20H19N3O3. The monoisotopic (exact) mass is 349 g/mol. The second-order valence-electron chi connectivity index (χ2n) is 7.23. The van der Waals surface area contributed by atoms with Gasteiger partial charge in [-0.25, -0.2) is 0 Å². The highest BCUT2D eigenvalue weighted by molar-refractivity contribution is 5.91. The van der Waals surface area contributed by atoms with Crippen molar-refractivity contribution >= 4 is 23.4 Å². The van der Waals surface area contributed by atoms with Gasteiger partial charge in [-0.2, -0.15) is 0 Å². The van der Waals surface area contributed by atoms with Crippen molar-refractivity contribution in [3.63, 3.8) is 0 Å². The predicted molar refractivity (Wildman–Crippen MR) is 99.8 cm³/mol. The first-order valence-corrected chi connectivity index (χ1v) is 8.47. The van der Waals surface area contributed by atoms with Gasteiger partial charge < -0.3 is 10.2 Å². The molecule has 0 spiro atoms. The number of hydrogen-bond acceptors (Lipinski definition) is 4. The highest BCUT2D eigenvalue weighted by atomic mass is 16.6. The Balaban J connectivity index is 1.80. The summed E-state index contributed by atoms with van der Waals surface area (Å²) in [6.45, 7) is 4.50. The minimum absolute atomic E-state index is 0.0312. The number of fused-ring (bicyclic) bond motifs is 3. The van der Waals surface area contributed by atoms with Gasteiger partial charge in [0.05, 0.1) is 11.5 Å². The molecule has 0 bridgehead atoms. The summed E-state index contributed by atoms with van der Waals surface area (Å²) in [4.78, 5) is 24.9. The summed E-state index contributed by atoms with van der Waals surface area (Å²) < 4.78 is 0. The van der Waals surface area contributed by atoms with Crippen molar-refractivity contribution in [3.8, 4) is 0 Å². The first-order chi connectivity index (χ1) is 12.3. The van der Waals surface area contributed by atoms with Crippen molar-refractivity contribution in [2.75, 3.05) is 11.4 Å². The highest BCUT2D eigenvalue weighted by Crippen LogP contribution is 2.52. The van der Waals surface area contributed by atoms with Gasteiger partial charge >= 0.3 is 0 Å². The second-order valence-corrected chi connectivity index (χ2v) is 7.23. The molecule has 1 atom stereocenters. The molecule has 2 aliphatic rings. The van der Waals surface area contributed by atoms with Gasteiger partial charge in [-0.3, -0.25) is 14.9 Å². The van der Waals surface area contributed by atoms with Crippen molar-refractivity contribution in [1.82, 2.24) is 5.32 Å². The summed E-state index contributed by atoms with van der Waals surface area (Å²) in [6.07, 6.45) is 3.80. The van der Waals surface area contributed by atoms with Gasteiger partial charge in [0.1, 0.15) is 5.66 Å². The third-order valence-corrected chi connectivity index (χ3v) is 5.48. The van der Waals surface area contributed by atoms with Crippen molar-refractivity contribution in [3.05, 3.63) is 75.8 Å². The molecule has 1 amide bonds. The summed E-state index contributed by atoms with van der Waals surface area (Å²) in [6, 6.07) is 14.6. The number of anilines is 1. The fourth-order valence-electron chi connectivity index (χ4n) is 4.10. The van der Waals surface area contributed by atoms with Crippen LogP contribution in [-0.4, -0.2) is 23.0 Å². The van der Waals surface area contributed by atoms with Gasteiger partial charge in [0, 0.05) is 23.2 Å². The van der Waals surface area contributed by atoms with Crippen molar-refractivity contribution < 1.29 is 9.72 Å². The summed E-state index contributed by atoms with van der Waals surface area (Å²) in [5.41, 5.74) is 1.93. The van der Waals surface area contributed by atoms with Crippen molar-refractivity contribution in [1.29, 1.82) is 0 Å². The molecule has 6 heteroatoms. The van der Waals surface area contributed by atoms with Gasteiger partial charge in [0.2, 0.25) is 5.91 Å². The fourth-order valence-corrected chi connectivity index (χ4v) is 4.10. The lowest BCUT2D eigenvalue weighted by molar-refractivity contribution is -0.384. The van der Waals surface area contributed by atoms with Crippen LogP contribution in [0.5, 0.6) is 0 Å². The molecule has 6 nitrogen and oxygen atoms in total. The van der Waals surface area contributed by atoms with Crippen LogP contribution in [0.15, 0.2) is 54.6 Å². The first kappa shape index (κ1) is 16.3. The van der Waals surface area contributed by atoms with Crippen LogP contribution in [0.3, 0.4) is 0 Å². The number of hydrogen-bond donors (Lipinski definition) is 1. The predicted octanol–water partition coefficient (Wildman–Crippen LogP) is 3.23. The number of nitrogens with one attached hydrogen (secondary N) is 1. The number of rotatable bonds is 3. The van der Waals surface area contributed by atoms with Gasteiger partial charge in [-0.15, -0.1) is 0 Å². The lowest BCUT2D eigenvalue weighted by atomic mass is 9.75. The molecule has 132 valence electrons. The molecule has 0 unspecified atom stereocenters. The van der Waals surface area contributed by atoms with E-state index >= 15 is 0 Å². The number of nitrogens with zero attached hydrogens (tertiary/aromatic N) is 2. The van der Waals surface area contributed by atoms with Gasteiger partial charge in [-0.1, -0.05) is 50.3 Å². The van der Waals surface area contributed by atoms with Gasteiger partial charge in [0.25, 0.3) is 5.69 Å². The molecule has 26 heavy (non-hydrogen) atoms. The number of carbonyl (C=O) groups excluding carboxylic acids is 1. The molecule has 0 aromatic heterocycles. The van der Waals surface area contributed by atoms with Crippen LogP contribution >= 0.6 is 0 Å². The van der Waals surface area contributed by atoms with Crippen LogP contribution in [0.2, 0.25) is 0 Å². The lowest BCUT2D eigenvalue weighted by Crippen LogP contribution is -2.58. The van der Waals surface area contributed by atoms with Crippen LogP contribution in [-0.2, 0) is 10.2 Å². The Morgan fingerprint density at radius 1 is 1.19 bits per heavy atom. The molecular weight excluding hydrogens is 330 g/mol. The summed E-state index contributed by atoms with van der Waals surface area (Å²) in [7, 11) is 0. The largest absolute Gasteiger partial charge is 0.335 e. The molecule has 1 N–H and O–H groups in total. The van der Waals surface area contributed by atoms with E-state index in [1.165, 1.54) is 17.7 Å². The van der Waals surface area contributed by atoms with Crippen LogP contribution in [0.25, 0.3) is 6.08 Å². The molecule has 4 rings (SSSR count). The number of benzene rings is 2. The van der Waals surface area contributed by atoms with Crippen molar-refractivity contribution in [2.45, 2.75) is 24.9 Å². The Labute approximate surface area is 151 Å². The molecule has 0 aliphatic carbocycles. The van der Waals surface area contributed by atoms with E-state index < -0.39 is 10.6 Å². The quantitative estimate of drug-likeness (QED) is 0.682. The average Bonchev–Trinajstić information content (AvgIpc) is 3.05. The molecule has 0 saturated carbocycles. The third kappa shape index (κ3) is 2.15. The number of para-hydroxylation sites is 1. The number of carbonyl (C=O) groups is 1. The number of nitro benzene ring substituents is 1. The van der Waals surface area contributed by atoms with Crippen LogP contribution in [0.1, 0.15) is 25.0 Å². The van der Waals surface area contributed by atoms with E-state index in [2.05, 4.69) is 30.1 Å². The third-order valence-electron chi connectivity index (χ3n) is 5.48. The Kier molecular flexibility index (Phi) is 3.41. The highest BCUT2D eigenvalue weighted by Gasteiger charge is 2.59. The SMILES string of the molecule is CC1(C)c2ccccc2N2CC(=O)N[C@]21/C=C/c1cccc([N+](=O)[O-])c1. The zero-order valence-electron chi connectivity index (χ0n) is 14.6. The van der Waals surface area contributed by atoms with E-state index in [0.717, 1.165) is 11.3 Å². The van der Waals surface area contributed by atoms with E-state index in [1.54, 1.807) is 6.07 Å². The Hall–Kier alpha value is -3.15. The summed E-state index contributed by atoms with van der Waals surface area (Å²) >= 11 is 0. The number of amides is 1. The molecule has 0 radical (unpaired) electrons. The zero-order valence-corrected chi connectivity index (χ0v) is 14.6. The maximum atomic E-state index is 12.2. The minimum Gasteiger partial charge on any atom is -0.335 e. The van der Waals surface area contributed by atoms with Crippen LogP contribution in [0.4, 0.5) is 11.4 Å². The Bertz CT molecular complexity index is 951. The van der Waals surface area contributed by atoms with E-state index in [-0.39, 0.29) is 17.0 Å². The van der Waals surface area contributed by atoms with E-state index in [1.807, 2.05) is 36.4 Å². The van der Waals surface area contributed by atoms with Gasteiger partial charge in [0.15, 0.2) is 0 Å². The zero-order chi connectivity index (χ0) is 18.5. The van der Waals surface area contributed by atoms with E-state index in [4.69, 9.17) is 0 Å². The van der Waals surface area contributed by atoms with E-state index in [0.29, 0.717) is 6.54 Å². The smallest absolute Gasteiger partial charge is 0.270 e. The molecule has 1 fully saturated rings. The molecule has 2 aliphatic heterocycles. The average molecular weight is 349 g/mol. The van der Waals surface area contributed by atoms with Crippen LogP contribution in [0, 0.1) is 10.1 Å². The van der Waals surface area contributed by atoms with Crippen LogP contribution < -0.4 is 10.2 Å². The Morgan fingerprint density at radius 2 is 1.96 bits per heavy atom. The summed E-state index contributed by atoms with van der Waals surface area (Å²) in [5.74, 6) is -0.0312. The van der Waals surface area contributed by atoms with Crippen molar-refractivity contribution in [2.24, 2.45) is 0 Å². The Morgan fingerprint density at radius 3 is 2.73 bits per heavy atom. The first-order valence-electron chi connectivity index (χ1n) is 8.47. The lowest BCUT2D eigenvalue weighted by Gasteiger charge is -2.40. The molecule has 2 heterocycles. The molecule has 1 saturated heterocycles. The maximum Gasteiger partial charge on any atom is 0.270 e. The topological polar surface area (TPSA) is 75.5 Å². The number of non-ortho nitro benzene ring substituents is 1. The second kappa shape index (κ2) is 5.42.